The van der Waals surface area contributed by atoms with Crippen LogP contribution < -0.4 is 5.73 Å². The highest BCUT2D eigenvalue weighted by molar-refractivity contribution is 5.25. The first-order valence-electron chi connectivity index (χ1n) is 6.33. The minimum absolute atomic E-state index is 0.224. The van der Waals surface area contributed by atoms with Gasteiger partial charge in [0, 0.05) is 12.0 Å². The Labute approximate surface area is 108 Å². The van der Waals surface area contributed by atoms with Crippen LogP contribution in [-0.2, 0) is 6.54 Å². The molecule has 96 valence electrons. The van der Waals surface area contributed by atoms with Crippen molar-refractivity contribution in [2.24, 2.45) is 5.73 Å². The molecule has 0 spiro atoms. The summed E-state index contributed by atoms with van der Waals surface area (Å²) in [5, 5.41) is 8.51. The molecule has 1 aromatic heterocycles. The molecule has 0 aliphatic heterocycles. The first-order valence-corrected chi connectivity index (χ1v) is 6.33. The van der Waals surface area contributed by atoms with Crippen LogP contribution in [-0.4, -0.2) is 14.8 Å². The van der Waals surface area contributed by atoms with Crippen molar-refractivity contribution in [3.63, 3.8) is 0 Å². The maximum atomic E-state index is 5.72. The molecule has 0 saturated heterocycles. The maximum Gasteiger partial charge on any atom is 0.147 e. The molecule has 1 unspecified atom stereocenters. The van der Waals surface area contributed by atoms with Crippen LogP contribution in [0.4, 0.5) is 0 Å². The minimum atomic E-state index is 0.224. The van der Waals surface area contributed by atoms with Gasteiger partial charge in [0.05, 0.1) is 6.54 Å². The summed E-state index contributed by atoms with van der Waals surface area (Å²) < 4.78 is 2.14. The van der Waals surface area contributed by atoms with Crippen molar-refractivity contribution in [2.75, 3.05) is 0 Å². The third kappa shape index (κ3) is 2.29. The SMILES string of the molecule is CC(c1ccccc1)c1nnc(CN)n1C(C)C. The van der Waals surface area contributed by atoms with Crippen LogP contribution in [0.15, 0.2) is 30.3 Å². The van der Waals surface area contributed by atoms with Gasteiger partial charge in [-0.1, -0.05) is 37.3 Å². The second kappa shape index (κ2) is 5.31. The van der Waals surface area contributed by atoms with Gasteiger partial charge in [-0.25, -0.2) is 0 Å². The molecule has 0 aliphatic carbocycles. The van der Waals surface area contributed by atoms with E-state index in [0.29, 0.717) is 12.6 Å². The summed E-state index contributed by atoms with van der Waals surface area (Å²) in [6, 6.07) is 10.7. The van der Waals surface area contributed by atoms with Gasteiger partial charge in [-0.05, 0) is 19.4 Å². The molecule has 1 heterocycles. The number of rotatable bonds is 4. The fraction of sp³-hybridized carbons (Fsp3) is 0.429. The van der Waals surface area contributed by atoms with Crippen molar-refractivity contribution < 1.29 is 0 Å². The van der Waals surface area contributed by atoms with Gasteiger partial charge >= 0.3 is 0 Å². The van der Waals surface area contributed by atoms with Gasteiger partial charge in [-0.3, -0.25) is 0 Å². The third-order valence-corrected chi connectivity index (χ3v) is 3.18. The zero-order chi connectivity index (χ0) is 13.1. The summed E-state index contributed by atoms with van der Waals surface area (Å²) >= 11 is 0. The highest BCUT2D eigenvalue weighted by Gasteiger charge is 2.19. The van der Waals surface area contributed by atoms with E-state index >= 15 is 0 Å². The van der Waals surface area contributed by atoms with Crippen LogP contribution in [0.3, 0.4) is 0 Å². The summed E-state index contributed by atoms with van der Waals surface area (Å²) in [4.78, 5) is 0. The predicted octanol–water partition coefficient (Wildman–Crippen LogP) is 2.47. The second-order valence-corrected chi connectivity index (χ2v) is 4.77. The maximum absolute atomic E-state index is 5.72. The van der Waals surface area contributed by atoms with Crippen molar-refractivity contribution >= 4 is 0 Å². The molecular weight excluding hydrogens is 224 g/mol. The number of benzene rings is 1. The van der Waals surface area contributed by atoms with Gasteiger partial charge in [0.2, 0.25) is 0 Å². The van der Waals surface area contributed by atoms with E-state index in [1.807, 2.05) is 18.2 Å². The molecule has 1 atom stereocenters. The van der Waals surface area contributed by atoms with Gasteiger partial charge in [-0.15, -0.1) is 10.2 Å². The van der Waals surface area contributed by atoms with Crippen molar-refractivity contribution in [1.29, 1.82) is 0 Å². The van der Waals surface area contributed by atoms with E-state index in [2.05, 4.69) is 47.7 Å². The van der Waals surface area contributed by atoms with Crippen molar-refractivity contribution in [3.8, 4) is 0 Å². The highest BCUT2D eigenvalue weighted by Crippen LogP contribution is 2.25. The van der Waals surface area contributed by atoms with Crippen LogP contribution in [0.1, 0.15) is 49.9 Å². The number of nitrogens with zero attached hydrogens (tertiary/aromatic N) is 3. The molecule has 0 saturated carbocycles. The van der Waals surface area contributed by atoms with Gasteiger partial charge in [0.1, 0.15) is 11.6 Å². The smallest absolute Gasteiger partial charge is 0.147 e. The molecule has 1 aromatic carbocycles. The van der Waals surface area contributed by atoms with Crippen LogP contribution in [0.5, 0.6) is 0 Å². The van der Waals surface area contributed by atoms with Gasteiger partial charge in [0.15, 0.2) is 0 Å². The number of aromatic nitrogens is 3. The van der Waals surface area contributed by atoms with Crippen LogP contribution in [0.25, 0.3) is 0 Å². The van der Waals surface area contributed by atoms with Gasteiger partial charge < -0.3 is 10.3 Å². The lowest BCUT2D eigenvalue weighted by Gasteiger charge is -2.17. The molecule has 4 nitrogen and oxygen atoms in total. The monoisotopic (exact) mass is 244 g/mol. The van der Waals surface area contributed by atoms with Crippen LogP contribution in [0, 0.1) is 0 Å². The van der Waals surface area contributed by atoms with Gasteiger partial charge in [0.25, 0.3) is 0 Å². The minimum Gasteiger partial charge on any atom is -0.324 e. The Kier molecular flexibility index (Phi) is 3.77. The summed E-state index contributed by atoms with van der Waals surface area (Å²) in [6.45, 7) is 6.83. The highest BCUT2D eigenvalue weighted by atomic mass is 15.3. The van der Waals surface area contributed by atoms with Crippen molar-refractivity contribution in [3.05, 3.63) is 47.5 Å². The fourth-order valence-electron chi connectivity index (χ4n) is 2.23. The second-order valence-electron chi connectivity index (χ2n) is 4.77. The molecule has 2 N–H and O–H groups in total. The molecule has 2 rings (SSSR count). The van der Waals surface area contributed by atoms with E-state index in [4.69, 9.17) is 5.73 Å². The zero-order valence-electron chi connectivity index (χ0n) is 11.2. The molecule has 0 fully saturated rings. The molecule has 0 aliphatic rings. The Balaban J connectivity index is 2.42. The topological polar surface area (TPSA) is 56.7 Å². The molecule has 2 aromatic rings. The Morgan fingerprint density at radius 1 is 1.11 bits per heavy atom. The van der Waals surface area contributed by atoms with E-state index in [9.17, 15) is 0 Å². The predicted molar refractivity (Wildman–Crippen MR) is 72.3 cm³/mol. The molecular formula is C14H20N4. The molecule has 0 amide bonds. The fourth-order valence-corrected chi connectivity index (χ4v) is 2.23. The molecule has 18 heavy (non-hydrogen) atoms. The van der Waals surface area contributed by atoms with Crippen LogP contribution >= 0.6 is 0 Å². The number of hydrogen-bond donors (Lipinski definition) is 1. The van der Waals surface area contributed by atoms with E-state index < -0.39 is 0 Å². The third-order valence-electron chi connectivity index (χ3n) is 3.18. The first kappa shape index (κ1) is 12.8. The zero-order valence-corrected chi connectivity index (χ0v) is 11.2. The lowest BCUT2D eigenvalue weighted by Crippen LogP contribution is -2.15. The summed E-state index contributed by atoms with van der Waals surface area (Å²) in [5.41, 5.74) is 6.96. The molecule has 0 radical (unpaired) electrons. The Bertz CT molecular complexity index is 502. The molecule has 0 bridgehead atoms. The largest absolute Gasteiger partial charge is 0.324 e. The van der Waals surface area contributed by atoms with E-state index in [-0.39, 0.29) is 5.92 Å². The summed E-state index contributed by atoms with van der Waals surface area (Å²) in [5.74, 6) is 2.06. The number of hydrogen-bond acceptors (Lipinski definition) is 3. The van der Waals surface area contributed by atoms with E-state index in [1.165, 1.54) is 5.56 Å². The lowest BCUT2D eigenvalue weighted by atomic mass is 10.0. The van der Waals surface area contributed by atoms with E-state index in [0.717, 1.165) is 11.6 Å². The Hall–Kier alpha value is -1.68. The normalized spacial score (nSPS) is 12.9. The first-order chi connectivity index (χ1) is 8.65. The number of nitrogens with two attached hydrogens (primary N) is 1. The lowest BCUT2D eigenvalue weighted by molar-refractivity contribution is 0.534. The van der Waals surface area contributed by atoms with Crippen molar-refractivity contribution in [1.82, 2.24) is 14.8 Å². The summed E-state index contributed by atoms with van der Waals surface area (Å²) in [7, 11) is 0. The Morgan fingerprint density at radius 2 is 1.78 bits per heavy atom. The average Bonchev–Trinajstić information content (AvgIpc) is 2.82. The summed E-state index contributed by atoms with van der Waals surface area (Å²) in [6.07, 6.45) is 0. The van der Waals surface area contributed by atoms with Crippen molar-refractivity contribution in [2.45, 2.75) is 39.3 Å². The Morgan fingerprint density at radius 3 is 2.33 bits per heavy atom. The van der Waals surface area contributed by atoms with E-state index in [1.54, 1.807) is 0 Å². The standard InChI is InChI=1S/C14H20N4/c1-10(2)18-13(9-15)16-17-14(18)11(3)12-7-5-4-6-8-12/h4-8,10-11H,9,15H2,1-3H3. The average molecular weight is 244 g/mol. The van der Waals surface area contributed by atoms with Crippen LogP contribution in [0.2, 0.25) is 0 Å². The quantitative estimate of drug-likeness (QED) is 0.898. The van der Waals surface area contributed by atoms with Gasteiger partial charge in [-0.2, -0.15) is 0 Å². The molecule has 4 heteroatoms.